The lowest BCUT2D eigenvalue weighted by Crippen LogP contribution is -2.36. The maximum absolute atomic E-state index is 11.7. The molecule has 2 atom stereocenters. The second kappa shape index (κ2) is 4.08. The number of halogens is 1. The first kappa shape index (κ1) is 12.2. The van der Waals surface area contributed by atoms with E-state index in [0.717, 1.165) is 5.69 Å². The van der Waals surface area contributed by atoms with Crippen molar-refractivity contribution in [3.63, 3.8) is 0 Å². The smallest absolute Gasteiger partial charge is 0.174 e. The number of sulfone groups is 1. The van der Waals surface area contributed by atoms with Crippen LogP contribution in [0.25, 0.3) is 0 Å². The van der Waals surface area contributed by atoms with Crippen molar-refractivity contribution in [1.82, 2.24) is 5.32 Å². The van der Waals surface area contributed by atoms with Crippen LogP contribution in [0.15, 0.2) is 24.3 Å². The van der Waals surface area contributed by atoms with Crippen LogP contribution in [0, 0.1) is 0 Å². The van der Waals surface area contributed by atoms with E-state index in [-0.39, 0.29) is 23.6 Å². The molecule has 2 fully saturated rings. The molecule has 18 heavy (non-hydrogen) atoms. The van der Waals surface area contributed by atoms with Crippen LogP contribution < -0.4 is 10.2 Å². The maximum atomic E-state index is 11.7. The number of nitrogens with one attached hydrogen (secondary N) is 1. The molecule has 4 nitrogen and oxygen atoms in total. The summed E-state index contributed by atoms with van der Waals surface area (Å²) in [4.78, 5) is 1.83. The third kappa shape index (κ3) is 1.88. The van der Waals surface area contributed by atoms with Crippen molar-refractivity contribution in [3.8, 4) is 0 Å². The zero-order chi connectivity index (χ0) is 12.9. The van der Waals surface area contributed by atoms with Crippen molar-refractivity contribution in [2.24, 2.45) is 0 Å². The number of hydrogen-bond donors (Lipinski definition) is 1. The van der Waals surface area contributed by atoms with E-state index in [9.17, 15) is 8.42 Å². The van der Waals surface area contributed by atoms with E-state index < -0.39 is 9.84 Å². The number of hydrogen-bond acceptors (Lipinski definition) is 3. The number of nitrogens with zero attached hydrogens (tertiary/aromatic N) is 1. The molecule has 0 spiro atoms. The average molecular weight is 303 g/mol. The van der Waals surface area contributed by atoms with Gasteiger partial charge in [-0.15, -0.1) is 0 Å². The topological polar surface area (TPSA) is 49.4 Å². The summed E-state index contributed by atoms with van der Waals surface area (Å²) in [6, 6.07) is 7.04. The van der Waals surface area contributed by atoms with Crippen LogP contribution >= 0.6 is 23.8 Å². The Morgan fingerprint density at radius 3 is 2.78 bits per heavy atom. The highest BCUT2D eigenvalue weighted by Gasteiger charge is 2.47. The summed E-state index contributed by atoms with van der Waals surface area (Å²) in [5, 5.41) is 4.19. The molecule has 96 valence electrons. The second-order valence-corrected chi connectivity index (χ2v) is 7.47. The quantitative estimate of drug-likeness (QED) is 0.790. The molecule has 0 bridgehead atoms. The SMILES string of the molecule is O=S1(=O)C[C@@H]2NC(=S)N(c3ccccc3Cl)[C@@H]2C1. The fraction of sp³-hybridized carbons (Fsp3) is 0.364. The molecule has 2 saturated heterocycles. The zero-order valence-electron chi connectivity index (χ0n) is 9.34. The van der Waals surface area contributed by atoms with E-state index in [2.05, 4.69) is 5.32 Å². The minimum Gasteiger partial charge on any atom is -0.356 e. The lowest BCUT2D eigenvalue weighted by atomic mass is 10.1. The largest absolute Gasteiger partial charge is 0.356 e. The van der Waals surface area contributed by atoms with Gasteiger partial charge in [-0.05, 0) is 24.4 Å². The summed E-state index contributed by atoms with van der Waals surface area (Å²) in [7, 11) is -2.99. The Morgan fingerprint density at radius 2 is 2.06 bits per heavy atom. The predicted molar refractivity (Wildman–Crippen MR) is 75.9 cm³/mol. The minimum absolute atomic E-state index is 0.121. The molecule has 1 aromatic rings. The summed E-state index contributed by atoms with van der Waals surface area (Å²) in [5.41, 5.74) is 0.765. The Morgan fingerprint density at radius 1 is 1.33 bits per heavy atom. The van der Waals surface area contributed by atoms with E-state index in [1.165, 1.54) is 0 Å². The molecular formula is C11H11ClN2O2S2. The van der Waals surface area contributed by atoms with Crippen molar-refractivity contribution in [2.45, 2.75) is 12.1 Å². The zero-order valence-corrected chi connectivity index (χ0v) is 11.7. The highest BCUT2D eigenvalue weighted by atomic mass is 35.5. The molecule has 0 aromatic heterocycles. The van der Waals surface area contributed by atoms with Crippen molar-refractivity contribution in [3.05, 3.63) is 29.3 Å². The third-order valence-corrected chi connectivity index (χ3v) is 5.64. The lowest BCUT2D eigenvalue weighted by molar-refractivity contribution is 0.600. The van der Waals surface area contributed by atoms with Gasteiger partial charge < -0.3 is 10.2 Å². The average Bonchev–Trinajstić information content (AvgIpc) is 2.70. The fourth-order valence-electron chi connectivity index (χ4n) is 2.54. The Labute approximate surface area is 116 Å². The Bertz CT molecular complexity index is 617. The summed E-state index contributed by atoms with van der Waals surface area (Å²) in [6.45, 7) is 0. The molecule has 0 amide bonds. The predicted octanol–water partition coefficient (Wildman–Crippen LogP) is 1.20. The van der Waals surface area contributed by atoms with Crippen molar-refractivity contribution >= 4 is 44.5 Å². The number of rotatable bonds is 1. The number of fused-ring (bicyclic) bond motifs is 1. The van der Waals surface area contributed by atoms with Crippen LogP contribution in [-0.4, -0.2) is 37.1 Å². The summed E-state index contributed by atoms with van der Waals surface area (Å²) >= 11 is 11.4. The van der Waals surface area contributed by atoms with Gasteiger partial charge in [0.15, 0.2) is 14.9 Å². The standard InChI is InChI=1S/C11H11ClN2O2S2/c12-7-3-1-2-4-9(7)14-10-6-18(15,16)5-8(10)13-11(14)17/h1-4,8,10H,5-6H2,(H,13,17)/t8-,10+/m0/s1. The summed E-state index contributed by atoms with van der Waals surface area (Å²) in [5.74, 6) is 0.259. The fourth-order valence-corrected chi connectivity index (χ4v) is 5.04. The van der Waals surface area contributed by atoms with Crippen LogP contribution in [0.4, 0.5) is 5.69 Å². The monoisotopic (exact) mass is 302 g/mol. The number of para-hydroxylation sites is 1. The van der Waals surface area contributed by atoms with Gasteiger partial charge in [0.1, 0.15) is 0 Å². The first-order valence-electron chi connectivity index (χ1n) is 5.53. The van der Waals surface area contributed by atoms with Crippen molar-refractivity contribution < 1.29 is 8.42 Å². The molecule has 1 aromatic carbocycles. The highest BCUT2D eigenvalue weighted by molar-refractivity contribution is 7.91. The van der Waals surface area contributed by atoms with Gasteiger partial charge in [0.2, 0.25) is 0 Å². The van der Waals surface area contributed by atoms with Gasteiger partial charge >= 0.3 is 0 Å². The van der Waals surface area contributed by atoms with Gasteiger partial charge in [0.05, 0.1) is 34.3 Å². The molecule has 2 heterocycles. The normalized spacial score (nSPS) is 29.2. The van der Waals surface area contributed by atoms with Crippen LogP contribution in [0.1, 0.15) is 0 Å². The van der Waals surface area contributed by atoms with Gasteiger partial charge in [0.25, 0.3) is 0 Å². The van der Waals surface area contributed by atoms with Crippen LogP contribution in [-0.2, 0) is 9.84 Å². The molecule has 0 radical (unpaired) electrons. The number of benzene rings is 1. The Hall–Kier alpha value is -0.850. The third-order valence-electron chi connectivity index (χ3n) is 3.29. The van der Waals surface area contributed by atoms with Gasteiger partial charge in [-0.2, -0.15) is 0 Å². The molecule has 3 rings (SSSR count). The van der Waals surface area contributed by atoms with Gasteiger partial charge in [-0.3, -0.25) is 0 Å². The van der Waals surface area contributed by atoms with Crippen molar-refractivity contribution in [1.29, 1.82) is 0 Å². The van der Waals surface area contributed by atoms with Crippen LogP contribution in [0.5, 0.6) is 0 Å². The van der Waals surface area contributed by atoms with E-state index >= 15 is 0 Å². The molecule has 2 aliphatic rings. The van der Waals surface area contributed by atoms with Crippen LogP contribution in [0.2, 0.25) is 5.02 Å². The van der Waals surface area contributed by atoms with Gasteiger partial charge in [0, 0.05) is 0 Å². The van der Waals surface area contributed by atoms with Gasteiger partial charge in [-0.1, -0.05) is 23.7 Å². The van der Waals surface area contributed by atoms with E-state index in [1.807, 2.05) is 23.1 Å². The molecule has 2 aliphatic heterocycles. The minimum atomic E-state index is -2.99. The molecule has 1 N–H and O–H groups in total. The lowest BCUT2D eigenvalue weighted by Gasteiger charge is -2.24. The van der Waals surface area contributed by atoms with Crippen molar-refractivity contribution in [2.75, 3.05) is 16.4 Å². The second-order valence-electron chi connectivity index (χ2n) is 4.52. The van der Waals surface area contributed by atoms with Gasteiger partial charge in [-0.25, -0.2) is 8.42 Å². The highest BCUT2D eigenvalue weighted by Crippen LogP contribution is 2.33. The van der Waals surface area contributed by atoms with E-state index in [1.54, 1.807) is 6.07 Å². The molecule has 7 heteroatoms. The maximum Gasteiger partial charge on any atom is 0.174 e. The molecule has 0 saturated carbocycles. The van der Waals surface area contributed by atoms with E-state index in [0.29, 0.717) is 10.1 Å². The number of anilines is 1. The van der Waals surface area contributed by atoms with E-state index in [4.69, 9.17) is 23.8 Å². The first-order valence-corrected chi connectivity index (χ1v) is 8.13. The molecular weight excluding hydrogens is 292 g/mol. The molecule has 0 unspecified atom stereocenters. The molecule has 0 aliphatic carbocycles. The first-order chi connectivity index (χ1) is 8.48. The summed E-state index contributed by atoms with van der Waals surface area (Å²) < 4.78 is 23.3. The Kier molecular flexibility index (Phi) is 2.76. The number of thiocarbonyl (C=S) groups is 1. The summed E-state index contributed by atoms with van der Waals surface area (Å²) in [6.07, 6.45) is 0. The van der Waals surface area contributed by atoms with Crippen LogP contribution in [0.3, 0.4) is 0 Å². The Balaban J connectivity index is 2.02.